The molecule has 10 heteroatoms. The molecule has 0 atom stereocenters. The zero-order valence-corrected chi connectivity index (χ0v) is 15.9. The van der Waals surface area contributed by atoms with Gasteiger partial charge < -0.3 is 25.1 Å². The van der Waals surface area contributed by atoms with E-state index in [2.05, 4.69) is 48.4 Å². The third-order valence-electron chi connectivity index (χ3n) is 4.39. The number of anilines is 2. The van der Waals surface area contributed by atoms with Crippen molar-refractivity contribution in [3.63, 3.8) is 0 Å². The zero-order chi connectivity index (χ0) is 18.8. The van der Waals surface area contributed by atoms with Gasteiger partial charge in [-0.3, -0.25) is 0 Å². The van der Waals surface area contributed by atoms with Crippen molar-refractivity contribution in [1.82, 2.24) is 14.6 Å². The van der Waals surface area contributed by atoms with Crippen LogP contribution in [-0.4, -0.2) is 45.8 Å². The normalized spacial score (nSPS) is 14.5. The van der Waals surface area contributed by atoms with Gasteiger partial charge in [0.1, 0.15) is 6.20 Å². The Morgan fingerprint density at radius 3 is 2.85 bits per heavy atom. The summed E-state index contributed by atoms with van der Waals surface area (Å²) in [7, 11) is 0. The quantitative estimate of drug-likeness (QED) is 0.488. The molecule has 2 aromatic heterocycles. The molecule has 0 spiro atoms. The van der Waals surface area contributed by atoms with Crippen LogP contribution in [0.15, 0.2) is 41.0 Å². The fourth-order valence-corrected chi connectivity index (χ4v) is 3.40. The number of benzene rings is 1. The third-order valence-corrected chi connectivity index (χ3v) is 4.88. The molecule has 3 aromatic rings. The van der Waals surface area contributed by atoms with E-state index in [0.717, 1.165) is 28.8 Å². The van der Waals surface area contributed by atoms with Gasteiger partial charge in [-0.25, -0.2) is 4.98 Å². The second-order valence-electron chi connectivity index (χ2n) is 6.09. The lowest BCUT2D eigenvalue weighted by molar-refractivity contribution is -0.391. The monoisotopic (exact) mass is 432 g/mol. The number of imidazole rings is 1. The number of halogens is 1. The first kappa shape index (κ1) is 17.7. The van der Waals surface area contributed by atoms with Crippen LogP contribution < -0.4 is 10.2 Å². The van der Waals surface area contributed by atoms with Gasteiger partial charge in [0.2, 0.25) is 5.65 Å². The van der Waals surface area contributed by atoms with E-state index >= 15 is 0 Å². The number of nitrogens with one attached hydrogen (secondary N) is 1. The molecule has 1 saturated heterocycles. The van der Waals surface area contributed by atoms with Crippen LogP contribution in [-0.2, 0) is 11.3 Å². The number of rotatable bonds is 5. The Balaban J connectivity index is 1.57. The maximum Gasteiger partial charge on any atom is 0.368 e. The molecule has 1 aromatic carbocycles. The molecule has 9 nitrogen and oxygen atoms in total. The summed E-state index contributed by atoms with van der Waals surface area (Å²) in [6.45, 7) is 3.65. The molecule has 140 valence electrons. The van der Waals surface area contributed by atoms with Gasteiger partial charge in [0.25, 0.3) is 0 Å². The number of ether oxygens (including phenoxy) is 1. The second-order valence-corrected chi connectivity index (χ2v) is 7.00. The molecule has 1 fully saturated rings. The molecule has 0 unspecified atom stereocenters. The van der Waals surface area contributed by atoms with Crippen molar-refractivity contribution >= 4 is 38.9 Å². The fourth-order valence-electron chi connectivity index (χ4n) is 3.05. The summed E-state index contributed by atoms with van der Waals surface area (Å²) in [6, 6.07) is 9.62. The van der Waals surface area contributed by atoms with Crippen LogP contribution in [0.5, 0.6) is 0 Å². The number of hydrogen-bond donors (Lipinski definition) is 1. The summed E-state index contributed by atoms with van der Waals surface area (Å²) in [5.74, 6) is 0.380. The number of nitro groups is 1. The molecule has 0 saturated carbocycles. The lowest BCUT2D eigenvalue weighted by Crippen LogP contribution is -2.36. The van der Waals surface area contributed by atoms with Crippen LogP contribution in [0.1, 0.15) is 5.56 Å². The lowest BCUT2D eigenvalue weighted by atomic mass is 10.1. The van der Waals surface area contributed by atoms with Crippen LogP contribution in [0.3, 0.4) is 0 Å². The van der Waals surface area contributed by atoms with Crippen molar-refractivity contribution < 1.29 is 9.66 Å². The molecule has 4 rings (SSSR count). The Morgan fingerprint density at radius 2 is 2.07 bits per heavy atom. The van der Waals surface area contributed by atoms with Crippen molar-refractivity contribution in [3.8, 4) is 0 Å². The summed E-state index contributed by atoms with van der Waals surface area (Å²) in [5.41, 5.74) is 2.68. The van der Waals surface area contributed by atoms with E-state index in [4.69, 9.17) is 4.74 Å². The first-order valence-corrected chi connectivity index (χ1v) is 9.25. The van der Waals surface area contributed by atoms with E-state index in [0.29, 0.717) is 31.2 Å². The molecule has 0 aliphatic carbocycles. The van der Waals surface area contributed by atoms with Crippen molar-refractivity contribution in [2.24, 2.45) is 0 Å². The third kappa shape index (κ3) is 3.71. The molecular weight excluding hydrogens is 416 g/mol. The van der Waals surface area contributed by atoms with Gasteiger partial charge in [-0.15, -0.1) is 0 Å². The van der Waals surface area contributed by atoms with E-state index in [1.165, 1.54) is 10.7 Å². The molecule has 1 N–H and O–H groups in total. The van der Waals surface area contributed by atoms with E-state index in [1.54, 1.807) is 12.1 Å². The molecule has 3 heterocycles. The van der Waals surface area contributed by atoms with Gasteiger partial charge >= 0.3 is 5.82 Å². The Kier molecular flexibility index (Phi) is 4.90. The zero-order valence-electron chi connectivity index (χ0n) is 14.3. The van der Waals surface area contributed by atoms with E-state index in [1.807, 2.05) is 6.07 Å². The average molecular weight is 433 g/mol. The number of fused-ring (bicyclic) bond motifs is 1. The Hall–Kier alpha value is -2.72. The van der Waals surface area contributed by atoms with Crippen molar-refractivity contribution in [2.45, 2.75) is 6.54 Å². The highest BCUT2D eigenvalue weighted by molar-refractivity contribution is 9.10. The molecule has 0 bridgehead atoms. The summed E-state index contributed by atoms with van der Waals surface area (Å²) >= 11 is 3.54. The summed E-state index contributed by atoms with van der Waals surface area (Å²) < 4.78 is 7.69. The maximum atomic E-state index is 11.1. The minimum Gasteiger partial charge on any atom is -0.378 e. The second kappa shape index (κ2) is 7.49. The maximum absolute atomic E-state index is 11.1. The van der Waals surface area contributed by atoms with E-state index in [9.17, 15) is 10.1 Å². The molecular formula is C17H17BrN6O3. The largest absolute Gasteiger partial charge is 0.378 e. The number of morpholine rings is 1. The highest BCUT2D eigenvalue weighted by atomic mass is 79.9. The van der Waals surface area contributed by atoms with Crippen LogP contribution in [0, 0.1) is 10.1 Å². The smallest absolute Gasteiger partial charge is 0.368 e. The molecule has 1 aliphatic heterocycles. The first-order chi connectivity index (χ1) is 13.1. The number of nitrogens with zero attached hydrogens (tertiary/aromatic N) is 5. The predicted molar refractivity (Wildman–Crippen MR) is 104 cm³/mol. The first-order valence-electron chi connectivity index (χ1n) is 8.46. The number of aromatic nitrogens is 3. The Bertz CT molecular complexity index is 986. The predicted octanol–water partition coefficient (Wildman–Crippen LogP) is 2.85. The van der Waals surface area contributed by atoms with Crippen molar-refractivity contribution in [1.29, 1.82) is 0 Å². The van der Waals surface area contributed by atoms with Crippen molar-refractivity contribution in [3.05, 3.63) is 56.7 Å². The molecule has 0 amide bonds. The van der Waals surface area contributed by atoms with Crippen molar-refractivity contribution in [2.75, 3.05) is 36.5 Å². The SMILES string of the molecule is O=[N+]([O-])c1cnc2ccc(NCc3ccc(Br)cc3N3CCOCC3)nn12. The van der Waals surface area contributed by atoms with Gasteiger partial charge in [-0.2, -0.15) is 0 Å². The standard InChI is InChI=1S/C17H17BrN6O3/c18-13-2-1-12(14(9-13)22-5-7-27-8-6-22)10-19-15-3-4-16-20-11-17(24(25)26)23(16)21-15/h1-4,9,11H,5-8,10H2,(H,19,21). The lowest BCUT2D eigenvalue weighted by Gasteiger charge is -2.31. The van der Waals surface area contributed by atoms with Gasteiger partial charge in [-0.05, 0) is 28.7 Å². The summed E-state index contributed by atoms with van der Waals surface area (Å²) in [4.78, 5) is 16.9. The van der Waals surface area contributed by atoms with Crippen LogP contribution in [0.25, 0.3) is 5.65 Å². The van der Waals surface area contributed by atoms with Gasteiger partial charge in [0.05, 0.1) is 13.2 Å². The highest BCUT2D eigenvalue weighted by Gasteiger charge is 2.17. The fraction of sp³-hybridized carbons (Fsp3) is 0.294. The molecule has 27 heavy (non-hydrogen) atoms. The Labute approximate surface area is 163 Å². The topological polar surface area (TPSA) is 97.8 Å². The summed E-state index contributed by atoms with van der Waals surface area (Å²) in [6.07, 6.45) is 1.21. The average Bonchev–Trinajstić information content (AvgIpc) is 3.11. The van der Waals surface area contributed by atoms with E-state index in [-0.39, 0.29) is 5.82 Å². The highest BCUT2D eigenvalue weighted by Crippen LogP contribution is 2.27. The molecule has 0 radical (unpaired) electrons. The minimum absolute atomic E-state index is 0.161. The van der Waals surface area contributed by atoms with Gasteiger partial charge in [0, 0.05) is 35.9 Å². The van der Waals surface area contributed by atoms with Crippen LogP contribution in [0.2, 0.25) is 0 Å². The van der Waals surface area contributed by atoms with E-state index < -0.39 is 4.92 Å². The van der Waals surface area contributed by atoms with Gasteiger partial charge in [-0.1, -0.05) is 31.6 Å². The van der Waals surface area contributed by atoms with Crippen LogP contribution >= 0.6 is 15.9 Å². The number of hydrogen-bond acceptors (Lipinski definition) is 7. The minimum atomic E-state index is -0.498. The Morgan fingerprint density at radius 1 is 1.26 bits per heavy atom. The van der Waals surface area contributed by atoms with Gasteiger partial charge in [0.15, 0.2) is 5.82 Å². The molecule has 1 aliphatic rings. The van der Waals surface area contributed by atoms with Crippen LogP contribution in [0.4, 0.5) is 17.3 Å². The summed E-state index contributed by atoms with van der Waals surface area (Å²) in [5, 5.41) is 18.6.